The van der Waals surface area contributed by atoms with Gasteiger partial charge in [-0.15, -0.1) is 0 Å². The molecule has 0 spiro atoms. The van der Waals surface area contributed by atoms with Crippen molar-refractivity contribution in [2.24, 2.45) is 5.73 Å². The monoisotopic (exact) mass is 349 g/mol. The van der Waals surface area contributed by atoms with Gasteiger partial charge in [0.15, 0.2) is 11.6 Å². The summed E-state index contributed by atoms with van der Waals surface area (Å²) in [7, 11) is 0. The Labute approximate surface area is 146 Å². The lowest BCUT2D eigenvalue weighted by Gasteiger charge is -2.20. The zero-order valence-corrected chi connectivity index (χ0v) is 14.7. The van der Waals surface area contributed by atoms with Crippen LogP contribution in [0.3, 0.4) is 0 Å². The van der Waals surface area contributed by atoms with Gasteiger partial charge in [-0.05, 0) is 45.2 Å². The lowest BCUT2D eigenvalue weighted by atomic mass is 10.1. The van der Waals surface area contributed by atoms with Gasteiger partial charge in [0.2, 0.25) is 0 Å². The molecule has 0 fully saturated rings. The fourth-order valence-corrected chi connectivity index (χ4v) is 2.17. The van der Waals surface area contributed by atoms with E-state index in [4.69, 9.17) is 10.5 Å². The summed E-state index contributed by atoms with van der Waals surface area (Å²) in [6, 6.07) is 3.38. The van der Waals surface area contributed by atoms with Crippen molar-refractivity contribution in [1.29, 1.82) is 0 Å². The molecule has 1 atom stereocenters. The van der Waals surface area contributed by atoms with Gasteiger partial charge in [0.1, 0.15) is 5.60 Å². The van der Waals surface area contributed by atoms with Gasteiger partial charge in [-0.3, -0.25) is 0 Å². The maximum Gasteiger partial charge on any atom is 0.407 e. The Bertz CT molecular complexity index is 694. The van der Waals surface area contributed by atoms with Crippen molar-refractivity contribution in [3.63, 3.8) is 0 Å². The van der Waals surface area contributed by atoms with Gasteiger partial charge in [0.25, 0.3) is 0 Å². The molecule has 2 rings (SSSR count). The number of hydrogen-bond donors (Lipinski definition) is 2. The minimum atomic E-state index is -0.509. The van der Waals surface area contributed by atoms with E-state index in [2.05, 4.69) is 15.4 Å². The van der Waals surface area contributed by atoms with E-state index in [9.17, 15) is 9.18 Å². The highest BCUT2D eigenvalue weighted by atomic mass is 19.1. The molecule has 0 aliphatic rings. The van der Waals surface area contributed by atoms with Crippen LogP contribution in [0.2, 0.25) is 0 Å². The Morgan fingerprint density at radius 3 is 2.72 bits per heavy atom. The summed E-state index contributed by atoms with van der Waals surface area (Å²) in [6.07, 6.45) is 5.00. The molecular formula is C17H24FN5O2. The van der Waals surface area contributed by atoms with Crippen LogP contribution < -0.4 is 11.1 Å². The third-order valence-corrected chi connectivity index (χ3v) is 3.34. The molecule has 7 nitrogen and oxygen atoms in total. The van der Waals surface area contributed by atoms with Gasteiger partial charge in [0, 0.05) is 18.8 Å². The van der Waals surface area contributed by atoms with Crippen LogP contribution in [0.15, 0.2) is 30.7 Å². The average Bonchev–Trinajstić information content (AvgIpc) is 2.96. The molecular weight excluding hydrogens is 325 g/mol. The molecule has 1 amide bonds. The zero-order valence-electron chi connectivity index (χ0n) is 14.7. The number of alkyl carbamates (subject to hydrolysis) is 1. The Kier molecular flexibility index (Phi) is 6.08. The Morgan fingerprint density at radius 1 is 1.40 bits per heavy atom. The van der Waals surface area contributed by atoms with Crippen molar-refractivity contribution in [2.75, 3.05) is 6.54 Å². The summed E-state index contributed by atoms with van der Waals surface area (Å²) in [6.45, 7) is 5.94. The second-order valence-corrected chi connectivity index (χ2v) is 6.73. The van der Waals surface area contributed by atoms with Crippen molar-refractivity contribution in [3.8, 4) is 5.82 Å². The summed E-state index contributed by atoms with van der Waals surface area (Å²) in [4.78, 5) is 15.8. The Balaban J connectivity index is 1.77. The number of nitrogens with one attached hydrogen (secondary N) is 1. The Morgan fingerprint density at radius 2 is 2.16 bits per heavy atom. The third kappa shape index (κ3) is 6.15. The molecule has 0 aliphatic heterocycles. The summed E-state index contributed by atoms with van der Waals surface area (Å²) < 4.78 is 19.5. The number of nitrogens with two attached hydrogens (primary N) is 1. The number of hydrogen-bond acceptors (Lipinski definition) is 5. The topological polar surface area (TPSA) is 95.1 Å². The fourth-order valence-electron chi connectivity index (χ4n) is 2.17. The summed E-state index contributed by atoms with van der Waals surface area (Å²) in [5.74, 6) is 0.103. The number of carbonyl (C=O) groups excluding carboxylic acids is 1. The SMILES string of the molecule is CC(C)(C)OC(=O)NCCC[C@H](N)c1ccc(-n2cc(F)cn2)nc1. The number of halogens is 1. The quantitative estimate of drug-likeness (QED) is 0.782. The minimum Gasteiger partial charge on any atom is -0.444 e. The number of aromatic nitrogens is 3. The summed E-state index contributed by atoms with van der Waals surface area (Å²) in [5.41, 5.74) is 6.50. The van der Waals surface area contributed by atoms with E-state index in [1.165, 1.54) is 10.9 Å². The van der Waals surface area contributed by atoms with Crippen molar-refractivity contribution >= 4 is 6.09 Å². The van der Waals surface area contributed by atoms with E-state index in [1.807, 2.05) is 26.8 Å². The average molecular weight is 349 g/mol. The number of ether oxygens (including phenoxy) is 1. The largest absolute Gasteiger partial charge is 0.444 e. The molecule has 3 N–H and O–H groups in total. The molecule has 0 bridgehead atoms. The van der Waals surface area contributed by atoms with Gasteiger partial charge in [-0.1, -0.05) is 6.07 Å². The first kappa shape index (κ1) is 18.9. The van der Waals surface area contributed by atoms with Crippen molar-refractivity contribution < 1.29 is 13.9 Å². The predicted octanol–water partition coefficient (Wildman–Crippen LogP) is 2.71. The number of amides is 1. The summed E-state index contributed by atoms with van der Waals surface area (Å²) in [5, 5.41) is 6.56. The van der Waals surface area contributed by atoms with Crippen LogP contribution >= 0.6 is 0 Å². The smallest absolute Gasteiger partial charge is 0.407 e. The molecule has 2 aromatic heterocycles. The van der Waals surface area contributed by atoms with Gasteiger partial charge in [-0.2, -0.15) is 5.10 Å². The maximum absolute atomic E-state index is 13.0. The molecule has 2 aromatic rings. The van der Waals surface area contributed by atoms with Gasteiger partial charge in [-0.25, -0.2) is 18.9 Å². The zero-order chi connectivity index (χ0) is 18.4. The molecule has 2 heterocycles. The van der Waals surface area contributed by atoms with E-state index in [0.29, 0.717) is 25.2 Å². The number of rotatable bonds is 6. The van der Waals surface area contributed by atoms with E-state index in [0.717, 1.165) is 11.8 Å². The molecule has 8 heteroatoms. The predicted molar refractivity (Wildman–Crippen MR) is 91.7 cm³/mol. The van der Waals surface area contributed by atoms with Crippen LogP contribution in [0.1, 0.15) is 45.2 Å². The molecule has 0 radical (unpaired) electrons. The van der Waals surface area contributed by atoms with Crippen molar-refractivity contribution in [1.82, 2.24) is 20.1 Å². The molecule has 0 aromatic carbocycles. The Hall–Kier alpha value is -2.48. The standard InChI is InChI=1S/C17H24FN5O2/c1-17(2,3)25-16(24)20-8-4-5-14(19)12-6-7-15(21-9-12)23-11-13(18)10-22-23/h6-7,9-11,14H,4-5,8,19H2,1-3H3,(H,20,24)/t14-/m0/s1. The van der Waals surface area contributed by atoms with Crippen LogP contribution in [-0.2, 0) is 4.74 Å². The van der Waals surface area contributed by atoms with E-state index < -0.39 is 17.5 Å². The van der Waals surface area contributed by atoms with Gasteiger partial charge in [0.05, 0.1) is 12.4 Å². The highest BCUT2D eigenvalue weighted by Gasteiger charge is 2.15. The lowest BCUT2D eigenvalue weighted by Crippen LogP contribution is -2.33. The van der Waals surface area contributed by atoms with E-state index in [-0.39, 0.29) is 6.04 Å². The second kappa shape index (κ2) is 8.06. The van der Waals surface area contributed by atoms with E-state index in [1.54, 1.807) is 12.3 Å². The van der Waals surface area contributed by atoms with Gasteiger partial charge >= 0.3 is 6.09 Å². The molecule has 0 unspecified atom stereocenters. The van der Waals surface area contributed by atoms with Crippen LogP contribution in [-0.4, -0.2) is 33.0 Å². The molecule has 25 heavy (non-hydrogen) atoms. The van der Waals surface area contributed by atoms with E-state index >= 15 is 0 Å². The third-order valence-electron chi connectivity index (χ3n) is 3.34. The van der Waals surface area contributed by atoms with Crippen LogP contribution in [0.5, 0.6) is 0 Å². The molecule has 136 valence electrons. The molecule has 0 aliphatic carbocycles. The molecule has 0 saturated carbocycles. The van der Waals surface area contributed by atoms with Crippen LogP contribution in [0.4, 0.5) is 9.18 Å². The summed E-state index contributed by atoms with van der Waals surface area (Å²) >= 11 is 0. The minimum absolute atomic E-state index is 0.198. The van der Waals surface area contributed by atoms with Crippen LogP contribution in [0.25, 0.3) is 5.82 Å². The first-order chi connectivity index (χ1) is 11.7. The van der Waals surface area contributed by atoms with Crippen LogP contribution in [0, 0.1) is 5.82 Å². The highest BCUT2D eigenvalue weighted by molar-refractivity contribution is 5.67. The molecule has 0 saturated heterocycles. The fraction of sp³-hybridized carbons (Fsp3) is 0.471. The maximum atomic E-state index is 13.0. The number of nitrogens with zero attached hydrogens (tertiary/aromatic N) is 3. The van der Waals surface area contributed by atoms with Crippen molar-refractivity contribution in [2.45, 2.75) is 45.3 Å². The highest BCUT2D eigenvalue weighted by Crippen LogP contribution is 2.16. The van der Waals surface area contributed by atoms with Crippen molar-refractivity contribution in [3.05, 3.63) is 42.1 Å². The first-order valence-corrected chi connectivity index (χ1v) is 8.13. The number of carbonyl (C=O) groups is 1. The number of pyridine rings is 1. The first-order valence-electron chi connectivity index (χ1n) is 8.13. The second-order valence-electron chi connectivity index (χ2n) is 6.73. The lowest BCUT2D eigenvalue weighted by molar-refractivity contribution is 0.0526. The normalized spacial score (nSPS) is 12.7. The van der Waals surface area contributed by atoms with Gasteiger partial charge < -0.3 is 15.8 Å².